The molecular formula is C13H15F5N2. The zero-order valence-corrected chi connectivity index (χ0v) is 10.7. The Morgan fingerprint density at radius 2 is 1.85 bits per heavy atom. The summed E-state index contributed by atoms with van der Waals surface area (Å²) in [5, 5.41) is 3.08. The van der Waals surface area contributed by atoms with Crippen LogP contribution in [0.15, 0.2) is 18.2 Å². The van der Waals surface area contributed by atoms with E-state index in [0.717, 1.165) is 12.1 Å². The van der Waals surface area contributed by atoms with E-state index in [2.05, 4.69) is 5.32 Å². The topological polar surface area (TPSA) is 15.3 Å². The third kappa shape index (κ3) is 3.27. The molecule has 7 heteroatoms. The largest absolute Gasteiger partial charge is 0.416 e. The predicted molar refractivity (Wildman–Crippen MR) is 64.6 cm³/mol. The van der Waals surface area contributed by atoms with Crippen LogP contribution in [0.1, 0.15) is 17.2 Å². The summed E-state index contributed by atoms with van der Waals surface area (Å²) < 4.78 is 64.5. The summed E-state index contributed by atoms with van der Waals surface area (Å²) in [4.78, 5) is 1.74. The monoisotopic (exact) mass is 294 g/mol. The maximum absolute atomic E-state index is 13.9. The van der Waals surface area contributed by atoms with Crippen molar-refractivity contribution in [3.8, 4) is 0 Å². The highest BCUT2D eigenvalue weighted by Crippen LogP contribution is 2.32. The number of rotatable bonds is 3. The van der Waals surface area contributed by atoms with Gasteiger partial charge in [0, 0.05) is 31.7 Å². The summed E-state index contributed by atoms with van der Waals surface area (Å²) >= 11 is 0. The fourth-order valence-corrected chi connectivity index (χ4v) is 2.34. The summed E-state index contributed by atoms with van der Waals surface area (Å²) in [5.41, 5.74) is -1.08. The molecule has 0 saturated carbocycles. The lowest BCUT2D eigenvalue weighted by Gasteiger charge is -2.33. The van der Waals surface area contributed by atoms with Gasteiger partial charge in [0.15, 0.2) is 0 Å². The first-order valence-electron chi connectivity index (χ1n) is 6.31. The van der Waals surface area contributed by atoms with Crippen molar-refractivity contribution in [3.05, 3.63) is 35.1 Å². The molecule has 20 heavy (non-hydrogen) atoms. The van der Waals surface area contributed by atoms with Crippen LogP contribution in [0.5, 0.6) is 0 Å². The van der Waals surface area contributed by atoms with Gasteiger partial charge in [0.1, 0.15) is 12.5 Å². The van der Waals surface area contributed by atoms with E-state index in [1.807, 2.05) is 0 Å². The van der Waals surface area contributed by atoms with Gasteiger partial charge >= 0.3 is 6.18 Å². The number of piperazine rings is 1. The van der Waals surface area contributed by atoms with Crippen molar-refractivity contribution in [2.24, 2.45) is 0 Å². The van der Waals surface area contributed by atoms with Crippen molar-refractivity contribution in [1.29, 1.82) is 0 Å². The molecule has 1 saturated heterocycles. The second-order valence-corrected chi connectivity index (χ2v) is 4.69. The number of hydrogen-bond donors (Lipinski definition) is 1. The van der Waals surface area contributed by atoms with Gasteiger partial charge in [0.2, 0.25) is 0 Å². The van der Waals surface area contributed by atoms with E-state index in [0.29, 0.717) is 32.2 Å². The third-order valence-electron chi connectivity index (χ3n) is 3.43. The van der Waals surface area contributed by atoms with Crippen LogP contribution < -0.4 is 5.32 Å². The number of hydrogen-bond acceptors (Lipinski definition) is 2. The molecule has 1 aliphatic heterocycles. The molecule has 0 aliphatic carbocycles. The van der Waals surface area contributed by atoms with Crippen LogP contribution >= 0.6 is 0 Å². The Morgan fingerprint density at radius 1 is 1.20 bits per heavy atom. The third-order valence-corrected chi connectivity index (χ3v) is 3.43. The Balaban J connectivity index is 2.26. The van der Waals surface area contributed by atoms with Crippen LogP contribution in [0.3, 0.4) is 0 Å². The minimum Gasteiger partial charge on any atom is -0.314 e. The number of benzene rings is 1. The fraction of sp³-hybridized carbons (Fsp3) is 0.538. The quantitative estimate of drug-likeness (QED) is 0.862. The van der Waals surface area contributed by atoms with Crippen molar-refractivity contribution in [1.82, 2.24) is 10.2 Å². The Morgan fingerprint density at radius 3 is 2.35 bits per heavy atom. The van der Waals surface area contributed by atoms with Crippen LogP contribution in [0.2, 0.25) is 0 Å². The summed E-state index contributed by atoms with van der Waals surface area (Å²) in [6, 6.07) is 1.42. The van der Waals surface area contributed by atoms with E-state index in [9.17, 15) is 22.0 Å². The molecule has 0 unspecified atom stereocenters. The van der Waals surface area contributed by atoms with Gasteiger partial charge in [-0.2, -0.15) is 13.2 Å². The molecule has 0 amide bonds. The first-order valence-corrected chi connectivity index (χ1v) is 6.31. The molecule has 1 aromatic rings. The van der Waals surface area contributed by atoms with E-state index < -0.39 is 30.3 Å². The maximum Gasteiger partial charge on any atom is 0.416 e. The SMILES string of the molecule is FC[C@@H](c1ccc(C(F)(F)F)cc1F)N1CCNCC1. The maximum atomic E-state index is 13.9. The second-order valence-electron chi connectivity index (χ2n) is 4.69. The summed E-state index contributed by atoms with van der Waals surface area (Å²) in [6.45, 7) is 1.55. The molecule has 0 spiro atoms. The molecule has 1 N–H and O–H groups in total. The van der Waals surface area contributed by atoms with Crippen molar-refractivity contribution >= 4 is 0 Å². The van der Waals surface area contributed by atoms with Gasteiger partial charge in [0.05, 0.1) is 11.6 Å². The summed E-state index contributed by atoms with van der Waals surface area (Å²) in [7, 11) is 0. The Kier molecular flexibility index (Phi) is 4.59. The Bertz CT molecular complexity index is 455. The van der Waals surface area contributed by atoms with Crippen LogP contribution in [-0.2, 0) is 6.18 Å². The highest BCUT2D eigenvalue weighted by molar-refractivity contribution is 5.29. The molecule has 1 aliphatic rings. The zero-order valence-electron chi connectivity index (χ0n) is 10.7. The molecular weight excluding hydrogens is 279 g/mol. The molecule has 112 valence electrons. The molecule has 2 rings (SSSR count). The van der Waals surface area contributed by atoms with Gasteiger partial charge < -0.3 is 5.32 Å². The van der Waals surface area contributed by atoms with Crippen LogP contribution in [0.25, 0.3) is 0 Å². The average molecular weight is 294 g/mol. The highest BCUT2D eigenvalue weighted by Gasteiger charge is 2.32. The van der Waals surface area contributed by atoms with Gasteiger partial charge in [-0.05, 0) is 12.1 Å². The van der Waals surface area contributed by atoms with Gasteiger partial charge in [-0.25, -0.2) is 8.78 Å². The normalized spacial score (nSPS) is 19.1. The highest BCUT2D eigenvalue weighted by atomic mass is 19.4. The number of alkyl halides is 4. The van der Waals surface area contributed by atoms with Crippen LogP contribution in [0.4, 0.5) is 22.0 Å². The van der Waals surface area contributed by atoms with Gasteiger partial charge in [-0.1, -0.05) is 6.07 Å². The summed E-state index contributed by atoms with van der Waals surface area (Å²) in [5.74, 6) is -1.01. The molecule has 0 bridgehead atoms. The Labute approximate surface area is 113 Å². The van der Waals surface area contributed by atoms with Crippen molar-refractivity contribution in [3.63, 3.8) is 0 Å². The lowest BCUT2D eigenvalue weighted by Crippen LogP contribution is -2.45. The minimum atomic E-state index is -4.60. The number of nitrogens with one attached hydrogen (secondary N) is 1. The molecule has 2 nitrogen and oxygen atoms in total. The van der Waals surface area contributed by atoms with Crippen molar-refractivity contribution < 1.29 is 22.0 Å². The van der Waals surface area contributed by atoms with Crippen LogP contribution in [0, 0.1) is 5.82 Å². The van der Waals surface area contributed by atoms with Crippen molar-refractivity contribution in [2.75, 3.05) is 32.9 Å². The zero-order chi connectivity index (χ0) is 14.8. The van der Waals surface area contributed by atoms with E-state index in [1.165, 1.54) is 0 Å². The lowest BCUT2D eigenvalue weighted by atomic mass is 10.0. The minimum absolute atomic E-state index is 0.0256. The molecule has 0 radical (unpaired) electrons. The lowest BCUT2D eigenvalue weighted by molar-refractivity contribution is -0.137. The first-order chi connectivity index (χ1) is 9.43. The molecule has 1 fully saturated rings. The molecule has 1 aromatic carbocycles. The van der Waals surface area contributed by atoms with Gasteiger partial charge in [-0.3, -0.25) is 4.90 Å². The van der Waals surface area contributed by atoms with E-state index >= 15 is 0 Å². The molecule has 1 atom stereocenters. The smallest absolute Gasteiger partial charge is 0.314 e. The summed E-state index contributed by atoms with van der Waals surface area (Å²) in [6.07, 6.45) is -4.60. The average Bonchev–Trinajstić information content (AvgIpc) is 2.41. The predicted octanol–water partition coefficient (Wildman–Crippen LogP) is 2.76. The Hall–Kier alpha value is -1.21. The van der Waals surface area contributed by atoms with E-state index in [4.69, 9.17) is 0 Å². The van der Waals surface area contributed by atoms with Gasteiger partial charge in [-0.15, -0.1) is 0 Å². The van der Waals surface area contributed by atoms with E-state index in [1.54, 1.807) is 4.90 Å². The number of nitrogens with zero attached hydrogens (tertiary/aromatic N) is 1. The fourth-order valence-electron chi connectivity index (χ4n) is 2.34. The molecule has 0 aromatic heterocycles. The second kappa shape index (κ2) is 6.05. The van der Waals surface area contributed by atoms with Crippen LogP contribution in [-0.4, -0.2) is 37.8 Å². The van der Waals surface area contributed by atoms with Crippen molar-refractivity contribution in [2.45, 2.75) is 12.2 Å². The standard InChI is InChI=1S/C13H15F5N2/c14-8-12(20-5-3-19-4-6-20)10-2-1-9(7-11(10)15)13(16,17)18/h1-2,7,12,19H,3-6,8H2/t12-/m0/s1. The first kappa shape index (κ1) is 15.2. The van der Waals surface area contributed by atoms with Gasteiger partial charge in [0.25, 0.3) is 0 Å². The van der Waals surface area contributed by atoms with E-state index in [-0.39, 0.29) is 5.56 Å². The number of halogens is 5. The molecule has 1 heterocycles.